The van der Waals surface area contributed by atoms with Crippen molar-refractivity contribution in [2.45, 2.75) is 194 Å². The molecular weight excluding hydrogens is 552 g/mol. The van der Waals surface area contributed by atoms with E-state index in [0.29, 0.717) is 12.8 Å². The Kier molecular flexibility index (Phi) is 55.4. The third kappa shape index (κ3) is 59.1. The number of nitrogens with one attached hydrogen (secondary N) is 4. The third-order valence-corrected chi connectivity index (χ3v) is 7.30. The van der Waals surface area contributed by atoms with Crippen LogP contribution in [-0.4, -0.2) is 22.2 Å². The topological polar surface area (TPSA) is 170 Å². The number of aliphatic carboxylic acids is 2. The molecule has 0 bridgehead atoms. The zero-order chi connectivity index (χ0) is 33.8. The molecule has 0 aromatic heterocycles. The van der Waals surface area contributed by atoms with Crippen LogP contribution in [0.15, 0.2) is 24.3 Å². The number of hydrogen-bond donors (Lipinski definition) is 6. The Labute approximate surface area is 271 Å². The fourth-order valence-electron chi connectivity index (χ4n) is 4.69. The fourth-order valence-corrected chi connectivity index (χ4v) is 4.69. The molecule has 0 saturated heterocycles. The van der Waals surface area contributed by atoms with Gasteiger partial charge in [0.1, 0.15) is 0 Å². The van der Waals surface area contributed by atoms with Crippen molar-refractivity contribution in [1.29, 1.82) is 22.1 Å². The van der Waals surface area contributed by atoms with E-state index >= 15 is 0 Å². The maximum Gasteiger partial charge on any atom is 0.303 e. The Balaban J connectivity index is -0.000000326. The Morgan fingerprint density at radius 1 is 0.386 bits per heavy atom. The lowest BCUT2D eigenvalue weighted by molar-refractivity contribution is -0.138. The zero-order valence-corrected chi connectivity index (χ0v) is 28.8. The molecule has 0 amide bonds. The van der Waals surface area contributed by atoms with Gasteiger partial charge in [0.2, 0.25) is 0 Å². The van der Waals surface area contributed by atoms with Crippen LogP contribution in [0.25, 0.3) is 0 Å². The van der Waals surface area contributed by atoms with Gasteiger partial charge in [-0.15, -0.1) is 0 Å². The molecule has 8 heteroatoms. The van der Waals surface area contributed by atoms with Crippen molar-refractivity contribution in [3.63, 3.8) is 0 Å². The number of rotatable bonds is 30. The van der Waals surface area contributed by atoms with Crippen molar-refractivity contribution in [3.8, 4) is 0 Å². The first-order chi connectivity index (χ1) is 21.5. The summed E-state index contributed by atoms with van der Waals surface area (Å²) in [6.45, 7) is 4.52. The van der Waals surface area contributed by atoms with Crippen LogP contribution in [-0.2, 0) is 9.59 Å². The highest BCUT2D eigenvalue weighted by Crippen LogP contribution is 2.11. The standard InChI is InChI=1S/2C18H34O2.2H2N2/c2*1-2-3-4-5-6-7-8-9-10-11-12-13-14-15-16-17-18(19)20;2*1-2/h2*9-10H,2-8,11-17H2,1H3,(H,19,20);2*1-2H/b2*10-9-;;. The molecule has 0 atom stereocenters. The van der Waals surface area contributed by atoms with E-state index in [2.05, 4.69) is 38.2 Å². The van der Waals surface area contributed by atoms with Gasteiger partial charge in [-0.1, -0.05) is 141 Å². The second-order valence-corrected chi connectivity index (χ2v) is 11.5. The lowest BCUT2D eigenvalue weighted by Crippen LogP contribution is -1.93. The van der Waals surface area contributed by atoms with Crippen LogP contribution in [0.4, 0.5) is 0 Å². The van der Waals surface area contributed by atoms with Crippen LogP contribution in [0.3, 0.4) is 0 Å². The summed E-state index contributed by atoms with van der Waals surface area (Å²) in [6, 6.07) is 0. The quantitative estimate of drug-likeness (QED) is 0.0265. The minimum absolute atomic E-state index is 0.332. The number of carbonyl (C=O) groups is 2. The first kappa shape index (κ1) is 48.5. The van der Waals surface area contributed by atoms with Crippen molar-refractivity contribution in [2.75, 3.05) is 0 Å². The lowest BCUT2D eigenvalue weighted by Gasteiger charge is -1.99. The highest BCUT2D eigenvalue weighted by atomic mass is 16.4. The van der Waals surface area contributed by atoms with Crippen LogP contribution < -0.4 is 0 Å². The van der Waals surface area contributed by atoms with Crippen LogP contribution in [0, 0.1) is 22.1 Å². The number of carboxylic acid groups (broad SMARTS) is 2. The molecule has 0 aromatic carbocycles. The second kappa shape index (κ2) is 50.3. The van der Waals surface area contributed by atoms with Gasteiger partial charge in [0.25, 0.3) is 0 Å². The fraction of sp³-hybridized carbons (Fsp3) is 0.833. The average Bonchev–Trinajstić information content (AvgIpc) is 3.03. The van der Waals surface area contributed by atoms with Crippen molar-refractivity contribution >= 4 is 11.9 Å². The van der Waals surface area contributed by atoms with Crippen molar-refractivity contribution in [3.05, 3.63) is 24.3 Å². The second-order valence-electron chi connectivity index (χ2n) is 11.5. The molecule has 260 valence electrons. The molecule has 8 nitrogen and oxygen atoms in total. The average molecular weight is 625 g/mol. The first-order valence-electron chi connectivity index (χ1n) is 17.8. The van der Waals surface area contributed by atoms with E-state index < -0.39 is 11.9 Å². The SMILES string of the molecule is CCCCCCCC/C=C\CCCCCCCC(=O)O.CCCCCCCC/C=C\CCCCCCCC(=O)O.N=N.N=N. The largest absolute Gasteiger partial charge is 0.481 e. The summed E-state index contributed by atoms with van der Waals surface area (Å²) >= 11 is 0. The molecule has 44 heavy (non-hydrogen) atoms. The third-order valence-electron chi connectivity index (χ3n) is 7.30. The van der Waals surface area contributed by atoms with Crippen molar-refractivity contribution in [1.82, 2.24) is 0 Å². The Morgan fingerprint density at radius 3 is 0.818 bits per heavy atom. The summed E-state index contributed by atoms with van der Waals surface area (Å²) in [5.41, 5.74) is 20.0. The first-order valence-corrected chi connectivity index (χ1v) is 17.8. The summed E-state index contributed by atoms with van der Waals surface area (Å²) in [4.78, 5) is 20.6. The minimum Gasteiger partial charge on any atom is -0.481 e. The molecule has 0 spiro atoms. The summed E-state index contributed by atoms with van der Waals surface area (Å²) in [5, 5.41) is 17.0. The number of carboxylic acids is 2. The van der Waals surface area contributed by atoms with Gasteiger partial charge in [-0.25, -0.2) is 22.1 Å². The van der Waals surface area contributed by atoms with Gasteiger partial charge in [-0.2, -0.15) is 0 Å². The summed E-state index contributed by atoms with van der Waals surface area (Å²) in [5.74, 6) is -1.33. The number of hydrogen-bond acceptors (Lipinski definition) is 6. The summed E-state index contributed by atoms with van der Waals surface area (Å²) < 4.78 is 0. The predicted octanol–water partition coefficient (Wildman–Crippen LogP) is 13.4. The van der Waals surface area contributed by atoms with Gasteiger partial charge < -0.3 is 10.2 Å². The van der Waals surface area contributed by atoms with Gasteiger partial charge in [0.15, 0.2) is 0 Å². The van der Waals surface area contributed by atoms with Gasteiger partial charge in [-0.3, -0.25) is 9.59 Å². The molecule has 0 radical (unpaired) electrons. The normalized spacial score (nSPS) is 10.4. The predicted molar refractivity (Wildman–Crippen MR) is 185 cm³/mol. The monoisotopic (exact) mass is 625 g/mol. The van der Waals surface area contributed by atoms with Gasteiger partial charge in [-0.05, 0) is 64.2 Å². The Hall–Kier alpha value is -2.38. The molecule has 0 unspecified atom stereocenters. The molecular formula is C36H72N4O4. The van der Waals surface area contributed by atoms with E-state index in [1.807, 2.05) is 0 Å². The van der Waals surface area contributed by atoms with Crippen LogP contribution in [0.1, 0.15) is 194 Å². The molecule has 0 heterocycles. The maximum absolute atomic E-state index is 10.3. The Bertz CT molecular complexity index is 563. The molecule has 0 aliphatic rings. The van der Waals surface area contributed by atoms with E-state index in [-0.39, 0.29) is 0 Å². The van der Waals surface area contributed by atoms with Crippen LogP contribution in [0.5, 0.6) is 0 Å². The van der Waals surface area contributed by atoms with Crippen LogP contribution >= 0.6 is 0 Å². The van der Waals surface area contributed by atoms with E-state index in [1.165, 1.54) is 141 Å². The number of unbranched alkanes of at least 4 members (excludes halogenated alkanes) is 22. The highest BCUT2D eigenvalue weighted by molar-refractivity contribution is 5.66. The van der Waals surface area contributed by atoms with Crippen molar-refractivity contribution < 1.29 is 19.8 Å². The van der Waals surface area contributed by atoms with E-state index in [9.17, 15) is 9.59 Å². The minimum atomic E-state index is -0.664. The maximum atomic E-state index is 10.3. The molecule has 0 fully saturated rings. The van der Waals surface area contributed by atoms with E-state index in [1.54, 1.807) is 0 Å². The number of allylic oxidation sites excluding steroid dienone is 4. The van der Waals surface area contributed by atoms with E-state index in [4.69, 9.17) is 32.3 Å². The molecule has 0 rings (SSSR count). The smallest absolute Gasteiger partial charge is 0.303 e. The van der Waals surface area contributed by atoms with Gasteiger partial charge in [0, 0.05) is 12.8 Å². The van der Waals surface area contributed by atoms with Crippen molar-refractivity contribution in [2.24, 2.45) is 0 Å². The van der Waals surface area contributed by atoms with Gasteiger partial charge >= 0.3 is 11.9 Å². The molecule has 0 aromatic rings. The van der Waals surface area contributed by atoms with E-state index in [0.717, 1.165) is 25.7 Å². The molecule has 6 N–H and O–H groups in total. The lowest BCUT2D eigenvalue weighted by atomic mass is 10.1. The Morgan fingerprint density at radius 2 is 0.591 bits per heavy atom. The molecule has 0 aliphatic heterocycles. The zero-order valence-electron chi connectivity index (χ0n) is 28.8. The molecule has 0 saturated carbocycles. The summed E-state index contributed by atoms with van der Waals surface area (Å²) in [7, 11) is 0. The molecule has 0 aliphatic carbocycles. The summed E-state index contributed by atoms with van der Waals surface area (Å²) in [6.07, 6.45) is 42.5. The van der Waals surface area contributed by atoms with Crippen LogP contribution in [0.2, 0.25) is 0 Å². The highest BCUT2D eigenvalue weighted by Gasteiger charge is 1.97. The van der Waals surface area contributed by atoms with Gasteiger partial charge in [0.05, 0.1) is 0 Å².